The van der Waals surface area contributed by atoms with Gasteiger partial charge in [-0.1, -0.05) is 17.7 Å². The van der Waals surface area contributed by atoms with Crippen LogP contribution in [0.2, 0.25) is 0 Å². The smallest absolute Gasteiger partial charge is 0.290 e. The molecule has 0 unspecified atom stereocenters. The molecule has 0 spiro atoms. The second kappa shape index (κ2) is 7.25. The summed E-state index contributed by atoms with van der Waals surface area (Å²) in [5, 5.41) is 19.9. The standard InChI is InChI=1S/C22H21NO6/c1-3-28-17-11-13(5-6-15(17)25)19-18-20(26)14-10-12(2)4-7-16(14)29-21(18)22(27)23(19)8-9-24/h4-7,10-11,19,24-25H,3,8-9H2,1-2H3/t19-/m1/s1. The maximum Gasteiger partial charge on any atom is 0.290 e. The lowest BCUT2D eigenvalue weighted by atomic mass is 9.97. The van der Waals surface area contributed by atoms with Crippen LogP contribution < -0.4 is 10.2 Å². The number of rotatable bonds is 5. The van der Waals surface area contributed by atoms with Gasteiger partial charge in [-0.15, -0.1) is 0 Å². The van der Waals surface area contributed by atoms with Crippen LogP contribution in [-0.4, -0.2) is 40.8 Å². The van der Waals surface area contributed by atoms with Gasteiger partial charge in [-0.25, -0.2) is 0 Å². The average Bonchev–Trinajstić information content (AvgIpc) is 2.97. The summed E-state index contributed by atoms with van der Waals surface area (Å²) in [6.07, 6.45) is 0. The van der Waals surface area contributed by atoms with E-state index in [2.05, 4.69) is 0 Å². The SMILES string of the molecule is CCOc1cc([C@@H]2c3c(oc4ccc(C)cc4c3=O)C(=O)N2CCO)ccc1O. The Labute approximate surface area is 166 Å². The molecule has 0 aliphatic carbocycles. The third kappa shape index (κ3) is 3.03. The number of benzene rings is 2. The van der Waals surface area contributed by atoms with Crippen molar-refractivity contribution in [3.63, 3.8) is 0 Å². The Balaban J connectivity index is 1.98. The normalized spacial score (nSPS) is 15.8. The first-order chi connectivity index (χ1) is 14.0. The van der Waals surface area contributed by atoms with Crippen LogP contribution in [0.1, 0.15) is 40.2 Å². The number of carbonyl (C=O) groups excluding carboxylic acids is 1. The fraction of sp³-hybridized carbons (Fsp3) is 0.273. The van der Waals surface area contributed by atoms with Crippen LogP contribution >= 0.6 is 0 Å². The molecule has 0 fully saturated rings. The number of aliphatic hydroxyl groups excluding tert-OH is 1. The molecule has 150 valence electrons. The summed E-state index contributed by atoms with van der Waals surface area (Å²) < 4.78 is 11.3. The molecule has 2 heterocycles. The highest BCUT2D eigenvalue weighted by molar-refractivity contribution is 5.99. The Bertz CT molecular complexity index is 1170. The number of nitrogens with zero attached hydrogens (tertiary/aromatic N) is 1. The van der Waals surface area contributed by atoms with Crippen molar-refractivity contribution in [2.45, 2.75) is 19.9 Å². The van der Waals surface area contributed by atoms with Crippen molar-refractivity contribution in [1.29, 1.82) is 0 Å². The highest BCUT2D eigenvalue weighted by Gasteiger charge is 2.42. The van der Waals surface area contributed by atoms with Crippen molar-refractivity contribution >= 4 is 16.9 Å². The van der Waals surface area contributed by atoms with Crippen LogP contribution in [0.3, 0.4) is 0 Å². The third-order valence-corrected chi connectivity index (χ3v) is 5.06. The number of hydrogen-bond acceptors (Lipinski definition) is 6. The average molecular weight is 395 g/mol. The summed E-state index contributed by atoms with van der Waals surface area (Å²) in [6.45, 7) is 3.79. The van der Waals surface area contributed by atoms with E-state index in [0.717, 1.165) is 5.56 Å². The highest BCUT2D eigenvalue weighted by atomic mass is 16.5. The van der Waals surface area contributed by atoms with E-state index in [-0.39, 0.29) is 41.4 Å². The van der Waals surface area contributed by atoms with Crippen LogP contribution in [0.25, 0.3) is 11.0 Å². The van der Waals surface area contributed by atoms with Crippen LogP contribution in [-0.2, 0) is 0 Å². The van der Waals surface area contributed by atoms with Crippen LogP contribution in [0, 0.1) is 6.92 Å². The third-order valence-electron chi connectivity index (χ3n) is 5.06. The van der Waals surface area contributed by atoms with E-state index >= 15 is 0 Å². The van der Waals surface area contributed by atoms with Gasteiger partial charge in [0.15, 0.2) is 16.9 Å². The number of amides is 1. The lowest BCUT2D eigenvalue weighted by Gasteiger charge is -2.24. The van der Waals surface area contributed by atoms with E-state index in [1.807, 2.05) is 13.0 Å². The predicted molar refractivity (Wildman–Crippen MR) is 106 cm³/mol. The summed E-state index contributed by atoms with van der Waals surface area (Å²) in [7, 11) is 0. The van der Waals surface area contributed by atoms with Crippen molar-refractivity contribution in [2.75, 3.05) is 19.8 Å². The van der Waals surface area contributed by atoms with Crippen molar-refractivity contribution in [1.82, 2.24) is 4.90 Å². The van der Waals surface area contributed by atoms with Gasteiger partial charge in [0.25, 0.3) is 5.91 Å². The summed E-state index contributed by atoms with van der Waals surface area (Å²) in [5.41, 5.74) is 1.79. The molecule has 1 atom stereocenters. The number of aromatic hydroxyl groups is 1. The van der Waals surface area contributed by atoms with Crippen LogP contribution in [0.4, 0.5) is 0 Å². The first-order valence-electron chi connectivity index (χ1n) is 9.41. The second-order valence-corrected chi connectivity index (χ2v) is 6.96. The quantitative estimate of drug-likeness (QED) is 0.689. The number of phenols is 1. The molecule has 1 aliphatic heterocycles. The first kappa shape index (κ1) is 19.0. The van der Waals surface area contributed by atoms with Gasteiger partial charge in [0, 0.05) is 6.54 Å². The van der Waals surface area contributed by atoms with Gasteiger partial charge in [0.2, 0.25) is 5.76 Å². The molecule has 0 radical (unpaired) electrons. The number of aryl methyl sites for hydroxylation is 1. The molecule has 4 rings (SSSR count). The second-order valence-electron chi connectivity index (χ2n) is 6.96. The minimum absolute atomic E-state index is 0.0177. The molecule has 1 aromatic heterocycles. The first-order valence-corrected chi connectivity index (χ1v) is 9.41. The Morgan fingerprint density at radius 1 is 1.17 bits per heavy atom. The van der Waals surface area contributed by atoms with Gasteiger partial charge in [-0.3, -0.25) is 9.59 Å². The highest BCUT2D eigenvalue weighted by Crippen LogP contribution is 2.40. The van der Waals surface area contributed by atoms with Crippen molar-refractivity contribution in [2.24, 2.45) is 0 Å². The Morgan fingerprint density at radius 2 is 1.97 bits per heavy atom. The van der Waals surface area contributed by atoms with Gasteiger partial charge in [0.1, 0.15) is 5.58 Å². The van der Waals surface area contributed by atoms with Gasteiger partial charge < -0.3 is 24.3 Å². The molecule has 29 heavy (non-hydrogen) atoms. The van der Waals surface area contributed by atoms with Gasteiger partial charge in [-0.2, -0.15) is 0 Å². The topological polar surface area (TPSA) is 100 Å². The molecule has 2 aromatic carbocycles. The summed E-state index contributed by atoms with van der Waals surface area (Å²) >= 11 is 0. The lowest BCUT2D eigenvalue weighted by Crippen LogP contribution is -2.32. The number of carbonyl (C=O) groups is 1. The minimum atomic E-state index is -0.745. The molecule has 0 saturated carbocycles. The zero-order valence-corrected chi connectivity index (χ0v) is 16.1. The van der Waals surface area contributed by atoms with E-state index < -0.39 is 11.9 Å². The monoisotopic (exact) mass is 395 g/mol. The summed E-state index contributed by atoms with van der Waals surface area (Å²) in [6, 6.07) is 9.19. The fourth-order valence-electron chi connectivity index (χ4n) is 3.79. The molecule has 1 amide bonds. The molecule has 7 nitrogen and oxygen atoms in total. The molecular weight excluding hydrogens is 374 g/mol. The largest absolute Gasteiger partial charge is 0.504 e. The number of aliphatic hydroxyl groups is 1. The van der Waals surface area contributed by atoms with Gasteiger partial charge >= 0.3 is 0 Å². The maximum atomic E-state index is 13.3. The summed E-state index contributed by atoms with van der Waals surface area (Å²) in [4.78, 5) is 27.8. The molecule has 7 heteroatoms. The van der Waals surface area contributed by atoms with E-state index in [0.29, 0.717) is 23.1 Å². The molecule has 2 N–H and O–H groups in total. The Hall–Kier alpha value is -3.32. The Kier molecular flexibility index (Phi) is 4.76. The Morgan fingerprint density at radius 3 is 2.69 bits per heavy atom. The summed E-state index contributed by atoms with van der Waals surface area (Å²) in [5.74, 6) is -0.244. The number of fused-ring (bicyclic) bond motifs is 2. The lowest BCUT2D eigenvalue weighted by molar-refractivity contribution is 0.0691. The number of β-amino-alcohol motifs (C(OH)–C–C–N with tert-alkyl or cyclic N) is 1. The van der Waals surface area contributed by atoms with E-state index in [4.69, 9.17) is 9.15 Å². The zero-order chi connectivity index (χ0) is 20.7. The predicted octanol–water partition coefficient (Wildman–Crippen LogP) is 2.74. The van der Waals surface area contributed by atoms with Crippen molar-refractivity contribution in [3.05, 3.63) is 69.1 Å². The molecular formula is C22H21NO6. The maximum absolute atomic E-state index is 13.3. The fourth-order valence-corrected chi connectivity index (χ4v) is 3.79. The van der Waals surface area contributed by atoms with E-state index in [1.165, 1.54) is 11.0 Å². The zero-order valence-electron chi connectivity index (χ0n) is 16.1. The molecule has 0 bridgehead atoms. The van der Waals surface area contributed by atoms with Crippen molar-refractivity contribution in [3.8, 4) is 11.5 Å². The number of ether oxygens (including phenoxy) is 1. The number of phenolic OH excluding ortho intramolecular Hbond substituents is 1. The van der Waals surface area contributed by atoms with Gasteiger partial charge in [0.05, 0.1) is 30.2 Å². The van der Waals surface area contributed by atoms with E-state index in [1.54, 1.807) is 31.2 Å². The molecule has 1 aliphatic rings. The minimum Gasteiger partial charge on any atom is -0.504 e. The van der Waals surface area contributed by atoms with Gasteiger partial charge in [-0.05, 0) is 43.7 Å². The van der Waals surface area contributed by atoms with E-state index in [9.17, 15) is 19.8 Å². The van der Waals surface area contributed by atoms with Crippen LogP contribution in [0.5, 0.6) is 11.5 Å². The molecule has 0 saturated heterocycles. The molecule has 3 aromatic rings. The van der Waals surface area contributed by atoms with Crippen molar-refractivity contribution < 1.29 is 24.2 Å². The van der Waals surface area contributed by atoms with Crippen LogP contribution in [0.15, 0.2) is 45.6 Å². The number of hydrogen-bond donors (Lipinski definition) is 2.